The lowest BCUT2D eigenvalue weighted by atomic mass is 9.96. The summed E-state index contributed by atoms with van der Waals surface area (Å²) in [7, 11) is 1.13. The summed E-state index contributed by atoms with van der Waals surface area (Å²) in [6.07, 6.45) is -17.1. The van der Waals surface area contributed by atoms with Gasteiger partial charge in [-0.1, -0.05) is 224 Å². The molecule has 2 fully saturated rings. The summed E-state index contributed by atoms with van der Waals surface area (Å²) in [5.74, 6) is -6.36. The van der Waals surface area contributed by atoms with E-state index in [0.717, 1.165) is 30.7 Å². The molecule has 22 nitrogen and oxygen atoms in total. The van der Waals surface area contributed by atoms with Gasteiger partial charge in [-0.15, -0.1) is 0 Å². The van der Waals surface area contributed by atoms with E-state index < -0.39 is 134 Å². The van der Waals surface area contributed by atoms with Crippen LogP contribution in [0.3, 0.4) is 0 Å². The SMILES string of the molecule is COC(=O)[C@H](NC(=O)[C@H](Cc1ccccc1)NC(=O)[C@H](Cc1ccccc1)NC(=O)[C@H](NC(=O)OCc1ccccc1)c1ccccc1)c1ccc(O[C@@H]2O[C@H](COCc3ccccc3)[C@@H](OCc3ccccc3)[C@H](OCc3ccccc3)[C@H]2O[C@H]2C[C@H](NC(=O)C(F)(F)F)[C@@H](OC(C)=O)[C@H](C)O2)cc1. The van der Waals surface area contributed by atoms with E-state index in [-0.39, 0.29) is 57.2 Å². The molecule has 10 rings (SSSR count). The second-order valence-corrected chi connectivity index (χ2v) is 25.0. The van der Waals surface area contributed by atoms with Crippen LogP contribution < -0.4 is 31.3 Å². The Bertz CT molecular complexity index is 4070. The van der Waals surface area contributed by atoms with Gasteiger partial charge in [0.2, 0.25) is 24.0 Å². The Morgan fingerprint density at radius 3 is 1.46 bits per heavy atom. The molecule has 0 saturated carbocycles. The number of hydrogen-bond acceptors (Lipinski definition) is 17. The van der Waals surface area contributed by atoms with Crippen LogP contribution in [0.5, 0.6) is 5.75 Å². The van der Waals surface area contributed by atoms with Crippen LogP contribution in [0.2, 0.25) is 0 Å². The van der Waals surface area contributed by atoms with Crippen molar-refractivity contribution in [3.05, 3.63) is 281 Å². The predicted octanol–water partition coefficient (Wildman–Crippen LogP) is 10.1. The monoisotopic (exact) mass is 1440 g/mol. The molecule has 5 amide bonds. The average Bonchev–Trinajstić information content (AvgIpc) is 0.775. The van der Waals surface area contributed by atoms with Crippen LogP contribution in [0.25, 0.3) is 0 Å². The van der Waals surface area contributed by atoms with Crippen LogP contribution in [-0.4, -0.2) is 129 Å². The fraction of sp³-hybridized carbons (Fsp3) is 0.312. The predicted molar refractivity (Wildman–Crippen MR) is 375 cm³/mol. The van der Waals surface area contributed by atoms with Gasteiger partial charge in [-0.25, -0.2) is 9.59 Å². The molecule has 0 bridgehead atoms. The van der Waals surface area contributed by atoms with Crippen molar-refractivity contribution in [2.24, 2.45) is 0 Å². The zero-order valence-electron chi connectivity index (χ0n) is 57.8. The molecule has 8 aromatic rings. The van der Waals surface area contributed by atoms with Gasteiger partial charge in [0.15, 0.2) is 18.4 Å². The molecular weight excluding hydrogens is 1360 g/mol. The third kappa shape index (κ3) is 22.8. The smallest absolute Gasteiger partial charge is 0.467 e. The van der Waals surface area contributed by atoms with E-state index in [1.165, 1.54) is 31.2 Å². The summed E-state index contributed by atoms with van der Waals surface area (Å²) in [6, 6.07) is 61.5. The van der Waals surface area contributed by atoms with Gasteiger partial charge in [0.25, 0.3) is 0 Å². The molecule has 2 heterocycles. The van der Waals surface area contributed by atoms with Crippen LogP contribution in [0, 0.1) is 0 Å². The maximum absolute atomic E-state index is 15.0. The molecule has 0 unspecified atom stereocenters. The maximum atomic E-state index is 15.0. The normalized spacial score (nSPS) is 20.4. The third-order valence-corrected chi connectivity index (χ3v) is 17.3. The minimum absolute atomic E-state index is 0.0241. The van der Waals surface area contributed by atoms with Crippen molar-refractivity contribution in [1.29, 1.82) is 0 Å². The minimum atomic E-state index is -5.32. The van der Waals surface area contributed by atoms with Crippen molar-refractivity contribution >= 4 is 41.7 Å². The number of nitrogens with one attached hydrogen (secondary N) is 5. The molecule has 5 N–H and O–H groups in total. The standard InChI is InChI=1S/C80H82F3N5O17/c1-51-69(102-52(2)89)62(86-78(94)80(81,82)83)45-66(101-51)105-72-71(99-48-57-33-19-8-20-34-57)70(98-47-56-31-17-7-18-32-56)65(50-97-46-55-29-15-6-16-30-55)104-77(72)103-61-41-39-60(40-42-61)68(76(93)96-3)87-74(91)64(44-54-27-13-5-14-28-54)84-73(90)63(43-53-25-11-4-12-26-53)85-75(92)67(59-37-23-10-24-38-59)88-79(95)100-49-58-35-21-9-22-36-58/h4-42,51,62-72,77H,43-50H2,1-3H3,(H,84,90)(H,85,92)(H,86,94)(H,87,91)(H,88,95)/t51-,62-,63-,64-,65+,66-,67+,68+,69-,70+,71-,72+,77+/m0/s1. The summed E-state index contributed by atoms with van der Waals surface area (Å²) in [4.78, 5) is 97.1. The molecule has 0 aromatic heterocycles. The van der Waals surface area contributed by atoms with Crippen LogP contribution in [-0.2, 0) is 111 Å². The topological polar surface area (TPSA) is 272 Å². The summed E-state index contributed by atoms with van der Waals surface area (Å²) < 4.78 is 105. The first kappa shape index (κ1) is 76.8. The number of methoxy groups -OCH3 is 1. The largest absolute Gasteiger partial charge is 0.471 e. The van der Waals surface area contributed by atoms with Gasteiger partial charge in [0, 0.05) is 26.2 Å². The average molecular weight is 1440 g/mol. The Balaban J connectivity index is 0.946. The quantitative estimate of drug-likeness (QED) is 0.0194. The number of esters is 2. The molecule has 550 valence electrons. The Kier molecular flexibility index (Phi) is 27.9. The first-order valence-corrected chi connectivity index (χ1v) is 34.1. The van der Waals surface area contributed by atoms with Gasteiger partial charge < -0.3 is 74.0 Å². The Hall–Kier alpha value is -10.8. The van der Waals surface area contributed by atoms with Crippen LogP contribution in [0.4, 0.5) is 18.0 Å². The number of halogens is 3. The molecule has 8 aromatic carbocycles. The molecule has 25 heteroatoms. The molecule has 0 spiro atoms. The molecule has 2 aliphatic heterocycles. The second kappa shape index (κ2) is 38.1. The van der Waals surface area contributed by atoms with Crippen molar-refractivity contribution in [2.45, 2.75) is 145 Å². The van der Waals surface area contributed by atoms with Gasteiger partial charge in [-0.05, 0) is 63.6 Å². The number of alkyl carbamates (subject to hydrolysis) is 1. The first-order valence-electron chi connectivity index (χ1n) is 34.1. The van der Waals surface area contributed by atoms with Crippen molar-refractivity contribution in [2.75, 3.05) is 13.7 Å². The lowest BCUT2D eigenvalue weighted by Crippen LogP contribution is -2.64. The minimum Gasteiger partial charge on any atom is -0.467 e. The van der Waals surface area contributed by atoms with E-state index in [0.29, 0.717) is 22.3 Å². The van der Waals surface area contributed by atoms with Gasteiger partial charge in [-0.2, -0.15) is 13.2 Å². The number of rotatable bonds is 32. The number of ether oxygens (including phenoxy) is 10. The van der Waals surface area contributed by atoms with Gasteiger partial charge in [0.1, 0.15) is 54.9 Å². The van der Waals surface area contributed by atoms with Gasteiger partial charge >= 0.3 is 30.1 Å². The zero-order chi connectivity index (χ0) is 74.1. The molecule has 0 aliphatic carbocycles. The number of carbonyl (C=O) groups is 7. The number of alkyl halides is 3. The highest BCUT2D eigenvalue weighted by molar-refractivity contribution is 5.95. The number of amides is 5. The van der Waals surface area contributed by atoms with E-state index in [4.69, 9.17) is 47.4 Å². The van der Waals surface area contributed by atoms with Crippen LogP contribution in [0.15, 0.2) is 237 Å². The molecular formula is C80H82F3N5O17. The van der Waals surface area contributed by atoms with Crippen molar-refractivity contribution in [1.82, 2.24) is 26.6 Å². The van der Waals surface area contributed by atoms with Crippen molar-refractivity contribution < 1.29 is 94.1 Å². The van der Waals surface area contributed by atoms with E-state index in [1.54, 1.807) is 115 Å². The fourth-order valence-electron chi connectivity index (χ4n) is 12.1. The fourth-order valence-corrected chi connectivity index (χ4v) is 12.1. The first-order chi connectivity index (χ1) is 50.8. The summed E-state index contributed by atoms with van der Waals surface area (Å²) in [5, 5.41) is 13.1. The summed E-state index contributed by atoms with van der Waals surface area (Å²) >= 11 is 0. The maximum Gasteiger partial charge on any atom is 0.471 e. The molecule has 13 atom stereocenters. The molecule has 105 heavy (non-hydrogen) atoms. The Morgan fingerprint density at radius 1 is 0.495 bits per heavy atom. The van der Waals surface area contributed by atoms with Gasteiger partial charge in [-0.3, -0.25) is 24.0 Å². The second-order valence-electron chi connectivity index (χ2n) is 25.0. The van der Waals surface area contributed by atoms with E-state index in [9.17, 15) is 41.9 Å². The number of carbonyl (C=O) groups excluding carboxylic acids is 7. The highest BCUT2D eigenvalue weighted by Crippen LogP contribution is 2.36. The number of benzene rings is 8. The Labute approximate surface area is 605 Å². The van der Waals surface area contributed by atoms with Crippen molar-refractivity contribution in [3.8, 4) is 5.75 Å². The summed E-state index contributed by atoms with van der Waals surface area (Å²) in [5.41, 5.74) is 4.87. The number of hydrogen-bond donors (Lipinski definition) is 5. The van der Waals surface area contributed by atoms with E-state index >= 15 is 4.79 Å². The highest BCUT2D eigenvalue weighted by Gasteiger charge is 2.53. The van der Waals surface area contributed by atoms with Crippen LogP contribution >= 0.6 is 0 Å². The van der Waals surface area contributed by atoms with E-state index in [1.807, 2.05) is 102 Å². The van der Waals surface area contributed by atoms with Crippen LogP contribution in [0.1, 0.15) is 76.9 Å². The van der Waals surface area contributed by atoms with Gasteiger partial charge in [0.05, 0.1) is 45.7 Å². The molecule has 2 aliphatic rings. The third-order valence-electron chi connectivity index (χ3n) is 17.3. The highest BCUT2D eigenvalue weighted by atomic mass is 19.4. The summed E-state index contributed by atoms with van der Waals surface area (Å²) in [6.45, 7) is 2.44. The van der Waals surface area contributed by atoms with E-state index in [2.05, 4.69) is 21.3 Å². The lowest BCUT2D eigenvalue weighted by molar-refractivity contribution is -0.343. The Morgan fingerprint density at radius 2 is 0.952 bits per heavy atom. The zero-order valence-corrected chi connectivity index (χ0v) is 57.8. The molecule has 2 saturated heterocycles. The van der Waals surface area contributed by atoms with Crippen molar-refractivity contribution in [3.63, 3.8) is 0 Å². The molecule has 0 radical (unpaired) electrons. The lowest BCUT2D eigenvalue weighted by Gasteiger charge is -2.48.